The molecule has 0 spiro atoms. The highest BCUT2D eigenvalue weighted by Gasteiger charge is 2.36. The van der Waals surface area contributed by atoms with E-state index in [4.69, 9.17) is 5.26 Å². The van der Waals surface area contributed by atoms with Crippen LogP contribution in [0.25, 0.3) is 0 Å². The standard InChI is InChI=1S/C22H24F2N6O3/c1-3-18(31)12-9-28(2)21(32)20-14-11-29(7-6-16(14)27-30(20)10-12)22(33)26-17-5-4-15(23)13(8-25)19(17)24/h4-5,12,18,31H,3,6-7,9-11H2,1-2H3,(H,26,33)/t12?,18-/m1/s1. The van der Waals surface area contributed by atoms with Gasteiger partial charge in [0, 0.05) is 44.6 Å². The largest absolute Gasteiger partial charge is 0.393 e. The molecule has 2 aliphatic rings. The average molecular weight is 458 g/mol. The average Bonchev–Trinajstić information content (AvgIpc) is 3.10. The number of aliphatic hydroxyl groups is 1. The summed E-state index contributed by atoms with van der Waals surface area (Å²) in [5.74, 6) is -2.55. The van der Waals surface area contributed by atoms with E-state index in [-0.39, 0.29) is 30.6 Å². The Labute approximate surface area is 189 Å². The van der Waals surface area contributed by atoms with Gasteiger partial charge in [-0.3, -0.25) is 9.48 Å². The molecule has 1 unspecified atom stereocenters. The van der Waals surface area contributed by atoms with Crippen LogP contribution < -0.4 is 5.32 Å². The van der Waals surface area contributed by atoms with Gasteiger partial charge in [0.15, 0.2) is 5.82 Å². The van der Waals surface area contributed by atoms with Crippen LogP contribution in [0.3, 0.4) is 0 Å². The first-order valence-electron chi connectivity index (χ1n) is 10.7. The first-order chi connectivity index (χ1) is 15.7. The molecule has 1 aromatic carbocycles. The van der Waals surface area contributed by atoms with Crippen LogP contribution >= 0.6 is 0 Å². The van der Waals surface area contributed by atoms with E-state index in [2.05, 4.69) is 10.4 Å². The second-order valence-corrected chi connectivity index (χ2v) is 8.37. The van der Waals surface area contributed by atoms with Crippen molar-refractivity contribution in [2.24, 2.45) is 5.92 Å². The number of fused-ring (bicyclic) bond motifs is 3. The van der Waals surface area contributed by atoms with Crippen molar-refractivity contribution >= 4 is 17.6 Å². The monoisotopic (exact) mass is 458 g/mol. The molecule has 0 aliphatic carbocycles. The highest BCUT2D eigenvalue weighted by molar-refractivity contribution is 5.95. The Hall–Kier alpha value is -3.52. The van der Waals surface area contributed by atoms with E-state index in [1.807, 2.05) is 6.92 Å². The quantitative estimate of drug-likeness (QED) is 0.731. The molecule has 3 heterocycles. The molecule has 2 aromatic rings. The van der Waals surface area contributed by atoms with Gasteiger partial charge in [0.1, 0.15) is 23.1 Å². The molecule has 0 radical (unpaired) electrons. The summed E-state index contributed by atoms with van der Waals surface area (Å²) in [6, 6.07) is 2.78. The van der Waals surface area contributed by atoms with Crippen molar-refractivity contribution in [3.63, 3.8) is 0 Å². The number of nitriles is 1. The van der Waals surface area contributed by atoms with Crippen molar-refractivity contribution < 1.29 is 23.5 Å². The number of anilines is 1. The number of hydrogen-bond acceptors (Lipinski definition) is 5. The van der Waals surface area contributed by atoms with Gasteiger partial charge in [-0.2, -0.15) is 10.4 Å². The molecule has 0 saturated carbocycles. The molecule has 2 atom stereocenters. The number of nitrogens with zero attached hydrogens (tertiary/aromatic N) is 5. The third kappa shape index (κ3) is 4.02. The number of carbonyl (C=O) groups excluding carboxylic acids is 2. The number of nitrogens with one attached hydrogen (secondary N) is 1. The maximum atomic E-state index is 14.4. The van der Waals surface area contributed by atoms with E-state index in [1.165, 1.54) is 11.0 Å². The summed E-state index contributed by atoms with van der Waals surface area (Å²) in [6.07, 6.45) is 0.388. The molecule has 2 aliphatic heterocycles. The van der Waals surface area contributed by atoms with Crippen molar-refractivity contribution in [1.82, 2.24) is 19.6 Å². The lowest BCUT2D eigenvalue weighted by Gasteiger charge is -2.28. The van der Waals surface area contributed by atoms with E-state index < -0.39 is 29.3 Å². The number of rotatable bonds is 3. The van der Waals surface area contributed by atoms with Crippen LogP contribution in [0, 0.1) is 28.9 Å². The van der Waals surface area contributed by atoms with E-state index in [0.29, 0.717) is 42.9 Å². The molecule has 0 fully saturated rings. The predicted molar refractivity (Wildman–Crippen MR) is 113 cm³/mol. The summed E-state index contributed by atoms with van der Waals surface area (Å²) in [7, 11) is 1.67. The number of halogens is 2. The molecule has 3 amide bonds. The zero-order valence-corrected chi connectivity index (χ0v) is 18.3. The fraction of sp³-hybridized carbons (Fsp3) is 0.455. The van der Waals surface area contributed by atoms with Gasteiger partial charge >= 0.3 is 6.03 Å². The Bertz CT molecular complexity index is 1160. The number of aromatic nitrogens is 2. The lowest BCUT2D eigenvalue weighted by atomic mass is 10.0. The number of carbonyl (C=O) groups is 2. The van der Waals surface area contributed by atoms with Crippen molar-refractivity contribution in [3.05, 3.63) is 46.3 Å². The molecule has 11 heteroatoms. The van der Waals surface area contributed by atoms with Gasteiger partial charge < -0.3 is 20.2 Å². The second kappa shape index (κ2) is 8.78. The highest BCUT2D eigenvalue weighted by atomic mass is 19.1. The van der Waals surface area contributed by atoms with Crippen molar-refractivity contribution in [1.29, 1.82) is 5.26 Å². The third-order valence-corrected chi connectivity index (χ3v) is 6.26. The zero-order valence-electron chi connectivity index (χ0n) is 18.3. The Kier molecular flexibility index (Phi) is 6.03. The Balaban J connectivity index is 1.59. The lowest BCUT2D eigenvalue weighted by Crippen LogP contribution is -2.40. The topological polar surface area (TPSA) is 114 Å². The minimum Gasteiger partial charge on any atom is -0.393 e. The summed E-state index contributed by atoms with van der Waals surface area (Å²) in [4.78, 5) is 28.9. The van der Waals surface area contributed by atoms with Crippen LogP contribution in [0.2, 0.25) is 0 Å². The van der Waals surface area contributed by atoms with E-state index in [0.717, 1.165) is 12.1 Å². The van der Waals surface area contributed by atoms with Gasteiger partial charge in [0.2, 0.25) is 0 Å². The lowest BCUT2D eigenvalue weighted by molar-refractivity contribution is 0.0626. The highest BCUT2D eigenvalue weighted by Crippen LogP contribution is 2.28. The maximum absolute atomic E-state index is 14.4. The van der Waals surface area contributed by atoms with Gasteiger partial charge in [-0.05, 0) is 18.6 Å². The number of hydrogen-bond donors (Lipinski definition) is 2. The molecule has 174 valence electrons. The Morgan fingerprint density at radius 3 is 2.85 bits per heavy atom. The fourth-order valence-electron chi connectivity index (χ4n) is 4.39. The Morgan fingerprint density at radius 1 is 1.39 bits per heavy atom. The molecule has 2 N–H and O–H groups in total. The first kappa shape index (κ1) is 22.7. The van der Waals surface area contributed by atoms with Crippen LogP contribution in [0.5, 0.6) is 0 Å². The number of aliphatic hydroxyl groups excluding tert-OH is 1. The normalized spacial score (nSPS) is 18.8. The zero-order chi connectivity index (χ0) is 23.9. The minimum absolute atomic E-state index is 0.0883. The first-order valence-corrected chi connectivity index (χ1v) is 10.7. The number of benzene rings is 1. The summed E-state index contributed by atoms with van der Waals surface area (Å²) < 4.78 is 29.6. The maximum Gasteiger partial charge on any atom is 0.322 e. The van der Waals surface area contributed by atoms with Crippen molar-refractivity contribution in [2.45, 2.75) is 39.0 Å². The minimum atomic E-state index is -1.14. The van der Waals surface area contributed by atoms with Gasteiger partial charge in [-0.25, -0.2) is 13.6 Å². The summed E-state index contributed by atoms with van der Waals surface area (Å²) >= 11 is 0. The van der Waals surface area contributed by atoms with Gasteiger partial charge in [-0.1, -0.05) is 6.92 Å². The fourth-order valence-corrected chi connectivity index (χ4v) is 4.39. The number of amides is 3. The van der Waals surface area contributed by atoms with Crippen LogP contribution in [-0.4, -0.2) is 62.9 Å². The smallest absolute Gasteiger partial charge is 0.322 e. The molecule has 0 bridgehead atoms. The summed E-state index contributed by atoms with van der Waals surface area (Å²) in [5.41, 5.74) is 0.646. The third-order valence-electron chi connectivity index (χ3n) is 6.26. The Morgan fingerprint density at radius 2 is 2.15 bits per heavy atom. The molecule has 9 nitrogen and oxygen atoms in total. The van der Waals surface area contributed by atoms with Gasteiger partial charge in [-0.15, -0.1) is 0 Å². The van der Waals surface area contributed by atoms with Crippen molar-refractivity contribution in [3.8, 4) is 6.07 Å². The molecule has 33 heavy (non-hydrogen) atoms. The van der Waals surface area contributed by atoms with Gasteiger partial charge in [0.25, 0.3) is 5.91 Å². The summed E-state index contributed by atoms with van der Waals surface area (Å²) in [5, 5.41) is 26.3. The molecular formula is C22H24F2N6O3. The molecule has 4 rings (SSSR count). The predicted octanol–water partition coefficient (Wildman–Crippen LogP) is 2.10. The van der Waals surface area contributed by atoms with E-state index in [9.17, 15) is 23.5 Å². The van der Waals surface area contributed by atoms with E-state index >= 15 is 0 Å². The van der Waals surface area contributed by atoms with Crippen LogP contribution in [0.4, 0.5) is 19.3 Å². The summed E-state index contributed by atoms with van der Waals surface area (Å²) in [6.45, 7) is 3.03. The van der Waals surface area contributed by atoms with Crippen LogP contribution in [0.1, 0.15) is 40.7 Å². The molecule has 0 saturated heterocycles. The van der Waals surface area contributed by atoms with Crippen LogP contribution in [-0.2, 0) is 19.5 Å². The SMILES string of the molecule is CC[C@@H](O)C1CN(C)C(=O)c2c3c(nn2C1)CCN(C(=O)Nc1ccc(F)c(C#N)c1F)C3. The molecular weight excluding hydrogens is 434 g/mol. The van der Waals surface area contributed by atoms with E-state index in [1.54, 1.807) is 16.6 Å². The number of urea groups is 1. The van der Waals surface area contributed by atoms with Crippen molar-refractivity contribution in [2.75, 3.05) is 25.5 Å². The molecule has 1 aromatic heterocycles. The second-order valence-electron chi connectivity index (χ2n) is 8.37. The van der Waals surface area contributed by atoms with Crippen LogP contribution in [0.15, 0.2) is 12.1 Å². The van der Waals surface area contributed by atoms with Gasteiger partial charge in [0.05, 0.1) is 24.0 Å².